The summed E-state index contributed by atoms with van der Waals surface area (Å²) in [6.07, 6.45) is 1.08. The Bertz CT molecular complexity index is 439. The van der Waals surface area contributed by atoms with E-state index in [2.05, 4.69) is 5.32 Å². The van der Waals surface area contributed by atoms with Crippen molar-refractivity contribution in [2.24, 2.45) is 5.73 Å². The minimum atomic E-state index is -0.316. The lowest BCUT2D eigenvalue weighted by Gasteiger charge is -2.18. The van der Waals surface area contributed by atoms with Crippen molar-refractivity contribution in [1.82, 2.24) is 0 Å². The molecule has 0 heterocycles. The van der Waals surface area contributed by atoms with Gasteiger partial charge in [0, 0.05) is 17.6 Å². The number of hydrogen-bond acceptors (Lipinski definition) is 3. The predicted octanol–water partition coefficient (Wildman–Crippen LogP) is 2.77. The third kappa shape index (κ3) is 4.91. The quantitative estimate of drug-likeness (QED) is 0.859. The summed E-state index contributed by atoms with van der Waals surface area (Å²) in [7, 11) is 1.65. The molecule has 0 spiro atoms. The molecule has 0 atom stereocenters. The van der Waals surface area contributed by atoms with Crippen molar-refractivity contribution in [1.29, 1.82) is 0 Å². The Morgan fingerprint density at radius 3 is 2.26 bits per heavy atom. The highest BCUT2D eigenvalue weighted by molar-refractivity contribution is 5.91. The van der Waals surface area contributed by atoms with Gasteiger partial charge in [-0.25, -0.2) is 0 Å². The van der Waals surface area contributed by atoms with Crippen molar-refractivity contribution in [2.45, 2.75) is 46.1 Å². The number of anilines is 1. The first-order valence-electron chi connectivity index (χ1n) is 6.47. The van der Waals surface area contributed by atoms with Crippen LogP contribution < -0.4 is 15.8 Å². The van der Waals surface area contributed by atoms with E-state index in [4.69, 9.17) is 10.5 Å². The van der Waals surface area contributed by atoms with Gasteiger partial charge in [-0.2, -0.15) is 0 Å². The Balaban J connectivity index is 2.70. The number of rotatable bonds is 5. The molecule has 0 aromatic heterocycles. The number of hydrogen-bond donors (Lipinski definition) is 2. The molecule has 0 saturated heterocycles. The minimum absolute atomic E-state index is 0.0116. The SMILES string of the molecule is COc1c(C)cc(NC(=O)CCC(C)(C)N)cc1C. The van der Waals surface area contributed by atoms with E-state index in [1.807, 2.05) is 39.8 Å². The number of nitrogens with one attached hydrogen (secondary N) is 1. The molecular weight excluding hydrogens is 240 g/mol. The summed E-state index contributed by atoms with van der Waals surface area (Å²) in [5, 5.41) is 2.90. The summed E-state index contributed by atoms with van der Waals surface area (Å²) in [5.74, 6) is 0.851. The summed E-state index contributed by atoms with van der Waals surface area (Å²) in [5.41, 5.74) is 8.37. The van der Waals surface area contributed by atoms with Crippen LogP contribution in [0.4, 0.5) is 5.69 Å². The second-order valence-corrected chi connectivity index (χ2v) is 5.68. The van der Waals surface area contributed by atoms with Crippen molar-refractivity contribution < 1.29 is 9.53 Å². The van der Waals surface area contributed by atoms with Gasteiger partial charge >= 0.3 is 0 Å². The number of carbonyl (C=O) groups is 1. The van der Waals surface area contributed by atoms with Crippen LogP contribution in [0.3, 0.4) is 0 Å². The summed E-state index contributed by atoms with van der Waals surface area (Å²) < 4.78 is 5.30. The molecule has 106 valence electrons. The summed E-state index contributed by atoms with van der Waals surface area (Å²) >= 11 is 0. The summed E-state index contributed by atoms with van der Waals surface area (Å²) in [6.45, 7) is 7.76. The van der Waals surface area contributed by atoms with Crippen LogP contribution in [0, 0.1) is 13.8 Å². The van der Waals surface area contributed by atoms with Gasteiger partial charge in [0.05, 0.1) is 7.11 Å². The van der Waals surface area contributed by atoms with Gasteiger partial charge in [-0.1, -0.05) is 0 Å². The van der Waals surface area contributed by atoms with E-state index in [0.717, 1.165) is 22.6 Å². The van der Waals surface area contributed by atoms with E-state index >= 15 is 0 Å². The summed E-state index contributed by atoms with van der Waals surface area (Å²) in [6, 6.07) is 3.83. The average molecular weight is 264 g/mol. The van der Waals surface area contributed by atoms with Crippen LogP contribution >= 0.6 is 0 Å². The van der Waals surface area contributed by atoms with Crippen molar-refractivity contribution in [3.8, 4) is 5.75 Å². The lowest BCUT2D eigenvalue weighted by Crippen LogP contribution is -2.33. The molecule has 0 aliphatic rings. The molecule has 1 aromatic rings. The van der Waals surface area contributed by atoms with E-state index < -0.39 is 0 Å². The minimum Gasteiger partial charge on any atom is -0.496 e. The Morgan fingerprint density at radius 2 is 1.84 bits per heavy atom. The third-order valence-corrected chi connectivity index (χ3v) is 2.94. The molecule has 19 heavy (non-hydrogen) atoms. The van der Waals surface area contributed by atoms with Crippen molar-refractivity contribution in [2.75, 3.05) is 12.4 Å². The maximum absolute atomic E-state index is 11.8. The largest absolute Gasteiger partial charge is 0.496 e. The highest BCUT2D eigenvalue weighted by Gasteiger charge is 2.14. The topological polar surface area (TPSA) is 64.3 Å². The Labute approximate surface area is 115 Å². The van der Waals surface area contributed by atoms with Crippen LogP contribution in [-0.2, 0) is 4.79 Å². The van der Waals surface area contributed by atoms with Crippen molar-refractivity contribution in [3.05, 3.63) is 23.3 Å². The number of methoxy groups -OCH3 is 1. The first-order valence-corrected chi connectivity index (χ1v) is 6.47. The van der Waals surface area contributed by atoms with Crippen LogP contribution in [0.15, 0.2) is 12.1 Å². The maximum Gasteiger partial charge on any atom is 0.224 e. The van der Waals surface area contributed by atoms with E-state index in [1.54, 1.807) is 7.11 Å². The van der Waals surface area contributed by atoms with E-state index in [0.29, 0.717) is 12.8 Å². The Morgan fingerprint density at radius 1 is 1.32 bits per heavy atom. The Kier molecular flexibility index (Phi) is 4.95. The van der Waals surface area contributed by atoms with Gasteiger partial charge in [-0.15, -0.1) is 0 Å². The first-order chi connectivity index (χ1) is 8.73. The molecule has 0 saturated carbocycles. The Hall–Kier alpha value is -1.55. The molecule has 0 aliphatic carbocycles. The van der Waals surface area contributed by atoms with E-state index in [9.17, 15) is 4.79 Å². The van der Waals surface area contributed by atoms with Crippen LogP contribution in [0.1, 0.15) is 37.8 Å². The molecule has 0 unspecified atom stereocenters. The molecule has 4 nitrogen and oxygen atoms in total. The van der Waals surface area contributed by atoms with Gasteiger partial charge in [0.25, 0.3) is 0 Å². The molecule has 1 rings (SSSR count). The van der Waals surface area contributed by atoms with Crippen LogP contribution in [0.5, 0.6) is 5.75 Å². The van der Waals surface area contributed by atoms with Crippen LogP contribution in [0.25, 0.3) is 0 Å². The van der Waals surface area contributed by atoms with Gasteiger partial charge < -0.3 is 15.8 Å². The molecular formula is C15H24N2O2. The number of carbonyl (C=O) groups excluding carboxylic acids is 1. The van der Waals surface area contributed by atoms with Crippen molar-refractivity contribution >= 4 is 11.6 Å². The van der Waals surface area contributed by atoms with E-state index in [-0.39, 0.29) is 11.4 Å². The number of nitrogens with two attached hydrogens (primary N) is 1. The zero-order valence-corrected chi connectivity index (χ0v) is 12.5. The zero-order valence-electron chi connectivity index (χ0n) is 12.5. The molecule has 4 heteroatoms. The van der Waals surface area contributed by atoms with Gasteiger partial charge in [-0.3, -0.25) is 4.79 Å². The molecule has 1 aromatic carbocycles. The number of ether oxygens (including phenoxy) is 1. The molecule has 0 bridgehead atoms. The number of benzene rings is 1. The predicted molar refractivity (Wildman–Crippen MR) is 78.6 cm³/mol. The fraction of sp³-hybridized carbons (Fsp3) is 0.533. The second-order valence-electron chi connectivity index (χ2n) is 5.68. The summed E-state index contributed by atoms with van der Waals surface area (Å²) in [4.78, 5) is 11.8. The van der Waals surface area contributed by atoms with Gasteiger partial charge in [-0.05, 0) is 57.4 Å². The smallest absolute Gasteiger partial charge is 0.224 e. The number of aryl methyl sites for hydroxylation is 2. The fourth-order valence-electron chi connectivity index (χ4n) is 2.00. The average Bonchev–Trinajstić information content (AvgIpc) is 2.25. The molecule has 0 aliphatic heterocycles. The lowest BCUT2D eigenvalue weighted by molar-refractivity contribution is -0.116. The monoisotopic (exact) mass is 264 g/mol. The van der Waals surface area contributed by atoms with Crippen LogP contribution in [-0.4, -0.2) is 18.6 Å². The molecule has 0 fully saturated rings. The highest BCUT2D eigenvalue weighted by Crippen LogP contribution is 2.26. The van der Waals surface area contributed by atoms with Crippen molar-refractivity contribution in [3.63, 3.8) is 0 Å². The second kappa shape index (κ2) is 6.06. The first kappa shape index (κ1) is 15.5. The maximum atomic E-state index is 11.8. The fourth-order valence-corrected chi connectivity index (χ4v) is 2.00. The van der Waals surface area contributed by atoms with Gasteiger partial charge in [0.15, 0.2) is 0 Å². The highest BCUT2D eigenvalue weighted by atomic mass is 16.5. The van der Waals surface area contributed by atoms with Gasteiger partial charge in [0.2, 0.25) is 5.91 Å². The van der Waals surface area contributed by atoms with E-state index in [1.165, 1.54) is 0 Å². The van der Waals surface area contributed by atoms with Gasteiger partial charge in [0.1, 0.15) is 5.75 Å². The molecule has 1 amide bonds. The van der Waals surface area contributed by atoms with Crippen LogP contribution in [0.2, 0.25) is 0 Å². The normalized spacial score (nSPS) is 11.3. The molecule has 0 radical (unpaired) electrons. The third-order valence-electron chi connectivity index (χ3n) is 2.94. The standard InChI is InChI=1S/C15H24N2O2/c1-10-8-12(9-11(2)14(10)19-5)17-13(18)6-7-15(3,4)16/h8-9H,6-7,16H2,1-5H3,(H,17,18). The lowest BCUT2D eigenvalue weighted by atomic mass is 10.00. The zero-order chi connectivity index (χ0) is 14.6. The molecule has 3 N–H and O–H groups in total. The number of amides is 1.